The maximum Gasteiger partial charge on any atom is 0.262 e. The third kappa shape index (κ3) is 2.44. The van der Waals surface area contributed by atoms with Crippen LogP contribution in [0.2, 0.25) is 0 Å². The van der Waals surface area contributed by atoms with Crippen molar-refractivity contribution in [3.8, 4) is 0 Å². The SMILES string of the molecule is CC(CS(C)=O)n1c(=S)[nH]c2ccccc2c1=O. The van der Waals surface area contributed by atoms with E-state index in [0.717, 1.165) is 5.52 Å². The number of aromatic nitrogens is 2. The average molecular weight is 282 g/mol. The van der Waals surface area contributed by atoms with Crippen molar-refractivity contribution in [2.75, 3.05) is 12.0 Å². The summed E-state index contributed by atoms with van der Waals surface area (Å²) in [5.41, 5.74) is 0.598. The van der Waals surface area contributed by atoms with Crippen molar-refractivity contribution in [3.63, 3.8) is 0 Å². The summed E-state index contributed by atoms with van der Waals surface area (Å²) in [4.78, 5) is 15.4. The van der Waals surface area contributed by atoms with Gasteiger partial charge in [0.2, 0.25) is 0 Å². The molecule has 18 heavy (non-hydrogen) atoms. The first-order valence-electron chi connectivity index (χ1n) is 5.54. The molecule has 1 heterocycles. The number of hydrogen-bond donors (Lipinski definition) is 1. The molecule has 0 bridgehead atoms. The first-order chi connectivity index (χ1) is 8.50. The highest BCUT2D eigenvalue weighted by molar-refractivity contribution is 7.84. The second-order valence-corrected chi connectivity index (χ2v) is 6.11. The minimum Gasteiger partial charge on any atom is -0.332 e. The van der Waals surface area contributed by atoms with E-state index in [1.165, 1.54) is 4.57 Å². The molecule has 0 spiro atoms. The molecular weight excluding hydrogens is 268 g/mol. The molecule has 0 aliphatic heterocycles. The van der Waals surface area contributed by atoms with Crippen molar-refractivity contribution < 1.29 is 4.21 Å². The van der Waals surface area contributed by atoms with E-state index in [4.69, 9.17) is 12.2 Å². The highest BCUT2D eigenvalue weighted by Crippen LogP contribution is 2.10. The number of fused-ring (bicyclic) bond motifs is 1. The van der Waals surface area contributed by atoms with Crippen LogP contribution in [-0.4, -0.2) is 25.8 Å². The second-order valence-electron chi connectivity index (χ2n) is 4.24. The van der Waals surface area contributed by atoms with E-state index in [1.807, 2.05) is 25.1 Å². The quantitative estimate of drug-likeness (QED) is 0.876. The lowest BCUT2D eigenvalue weighted by Crippen LogP contribution is -2.28. The monoisotopic (exact) mass is 282 g/mol. The van der Waals surface area contributed by atoms with Gasteiger partial charge in [-0.2, -0.15) is 0 Å². The summed E-state index contributed by atoms with van der Waals surface area (Å²) in [5, 5.41) is 0.597. The number of para-hydroxylation sites is 1. The van der Waals surface area contributed by atoms with Crippen LogP contribution in [0.1, 0.15) is 13.0 Å². The van der Waals surface area contributed by atoms with Crippen molar-refractivity contribution in [1.29, 1.82) is 0 Å². The van der Waals surface area contributed by atoms with E-state index in [-0.39, 0.29) is 11.6 Å². The second kappa shape index (κ2) is 5.16. The number of rotatable bonds is 3. The lowest BCUT2D eigenvalue weighted by Gasteiger charge is -2.14. The lowest BCUT2D eigenvalue weighted by molar-refractivity contribution is 0.565. The van der Waals surface area contributed by atoms with Crippen LogP contribution >= 0.6 is 12.2 Å². The fourth-order valence-electron chi connectivity index (χ4n) is 1.99. The molecule has 1 aromatic carbocycles. The Labute approximate surface area is 112 Å². The maximum atomic E-state index is 12.3. The van der Waals surface area contributed by atoms with Gasteiger partial charge in [-0.15, -0.1) is 0 Å². The molecule has 2 rings (SSSR count). The number of nitrogens with zero attached hydrogens (tertiary/aromatic N) is 1. The number of H-pyrrole nitrogens is 1. The van der Waals surface area contributed by atoms with Gasteiger partial charge in [-0.1, -0.05) is 12.1 Å². The highest BCUT2D eigenvalue weighted by atomic mass is 32.2. The average Bonchev–Trinajstić information content (AvgIpc) is 2.27. The van der Waals surface area contributed by atoms with Crippen LogP contribution in [-0.2, 0) is 10.8 Å². The Morgan fingerprint density at radius 2 is 2.11 bits per heavy atom. The predicted octanol–water partition coefficient (Wildman–Crippen LogP) is 2.00. The molecule has 1 aromatic heterocycles. The minimum absolute atomic E-state index is 0.132. The molecule has 0 saturated carbocycles. The van der Waals surface area contributed by atoms with Gasteiger partial charge in [0.25, 0.3) is 5.56 Å². The van der Waals surface area contributed by atoms with Crippen LogP contribution in [0.15, 0.2) is 29.1 Å². The number of benzene rings is 1. The van der Waals surface area contributed by atoms with Crippen LogP contribution in [0.4, 0.5) is 0 Å². The molecule has 6 heteroatoms. The minimum atomic E-state index is -0.966. The Balaban J connectivity index is 2.68. The molecule has 0 fully saturated rings. The van der Waals surface area contributed by atoms with E-state index in [9.17, 15) is 9.00 Å². The Morgan fingerprint density at radius 1 is 1.44 bits per heavy atom. The molecule has 1 N–H and O–H groups in total. The molecule has 0 amide bonds. The Morgan fingerprint density at radius 3 is 2.78 bits per heavy atom. The van der Waals surface area contributed by atoms with Crippen LogP contribution < -0.4 is 5.56 Å². The summed E-state index contributed by atoms with van der Waals surface area (Å²) >= 11 is 5.20. The molecule has 2 atom stereocenters. The fourth-order valence-corrected chi connectivity index (χ4v) is 3.19. The summed E-state index contributed by atoms with van der Waals surface area (Å²) in [5.74, 6) is 0.412. The van der Waals surface area contributed by atoms with E-state index < -0.39 is 10.8 Å². The van der Waals surface area contributed by atoms with Gasteiger partial charge in [-0.25, -0.2) is 0 Å². The zero-order valence-electron chi connectivity index (χ0n) is 10.2. The first kappa shape index (κ1) is 13.2. The third-order valence-electron chi connectivity index (χ3n) is 2.75. The number of aromatic amines is 1. The van der Waals surface area contributed by atoms with E-state index >= 15 is 0 Å². The van der Waals surface area contributed by atoms with Gasteiger partial charge in [0.1, 0.15) is 0 Å². The summed E-state index contributed by atoms with van der Waals surface area (Å²) in [6, 6.07) is 7.06. The third-order valence-corrected chi connectivity index (χ3v) is 4.00. The van der Waals surface area contributed by atoms with Gasteiger partial charge in [0.15, 0.2) is 4.77 Å². The number of hydrogen-bond acceptors (Lipinski definition) is 3. The van der Waals surface area contributed by atoms with E-state index in [0.29, 0.717) is 15.9 Å². The molecule has 0 aliphatic rings. The van der Waals surface area contributed by atoms with Gasteiger partial charge in [-0.05, 0) is 31.3 Å². The Bertz CT molecular complexity index is 718. The maximum absolute atomic E-state index is 12.3. The Kier molecular flexibility index (Phi) is 3.77. The molecule has 2 aromatic rings. The molecule has 0 saturated heterocycles. The molecule has 0 aliphatic carbocycles. The topological polar surface area (TPSA) is 54.9 Å². The smallest absolute Gasteiger partial charge is 0.262 e. The van der Waals surface area contributed by atoms with Crippen molar-refractivity contribution in [2.24, 2.45) is 0 Å². The van der Waals surface area contributed by atoms with Crippen LogP contribution in [0.5, 0.6) is 0 Å². The van der Waals surface area contributed by atoms with Crippen molar-refractivity contribution >= 4 is 33.9 Å². The zero-order valence-corrected chi connectivity index (χ0v) is 11.8. The zero-order chi connectivity index (χ0) is 13.3. The standard InChI is InChI=1S/C12H14N2O2S2/c1-8(7-18(2)16)14-11(15)9-5-3-4-6-10(9)13-12(14)17/h3-6,8H,7H2,1-2H3,(H,13,17). The van der Waals surface area contributed by atoms with Gasteiger partial charge >= 0.3 is 0 Å². The van der Waals surface area contributed by atoms with Gasteiger partial charge in [0.05, 0.1) is 10.9 Å². The summed E-state index contributed by atoms with van der Waals surface area (Å²) in [6.07, 6.45) is 1.62. The lowest BCUT2D eigenvalue weighted by atomic mass is 10.2. The van der Waals surface area contributed by atoms with E-state index in [2.05, 4.69) is 4.98 Å². The van der Waals surface area contributed by atoms with Crippen LogP contribution in [0.3, 0.4) is 0 Å². The summed E-state index contributed by atoms with van der Waals surface area (Å²) in [7, 11) is -0.966. The first-order valence-corrected chi connectivity index (χ1v) is 7.68. The van der Waals surface area contributed by atoms with Crippen molar-refractivity contribution in [3.05, 3.63) is 39.4 Å². The van der Waals surface area contributed by atoms with Gasteiger partial charge in [-0.3, -0.25) is 13.6 Å². The molecule has 0 radical (unpaired) electrons. The summed E-state index contributed by atoms with van der Waals surface area (Å²) in [6.45, 7) is 1.85. The molecule has 2 unspecified atom stereocenters. The van der Waals surface area contributed by atoms with Crippen molar-refractivity contribution in [1.82, 2.24) is 9.55 Å². The Hall–Kier alpha value is -1.27. The van der Waals surface area contributed by atoms with Gasteiger partial charge in [0, 0.05) is 28.9 Å². The number of nitrogens with one attached hydrogen (secondary N) is 1. The van der Waals surface area contributed by atoms with Crippen LogP contribution in [0, 0.1) is 4.77 Å². The van der Waals surface area contributed by atoms with Crippen molar-refractivity contribution in [2.45, 2.75) is 13.0 Å². The largest absolute Gasteiger partial charge is 0.332 e. The fraction of sp³-hybridized carbons (Fsp3) is 0.333. The molecule has 4 nitrogen and oxygen atoms in total. The van der Waals surface area contributed by atoms with Crippen LogP contribution in [0.25, 0.3) is 10.9 Å². The summed E-state index contributed by atoms with van der Waals surface area (Å²) < 4.78 is 13.1. The van der Waals surface area contributed by atoms with Gasteiger partial charge < -0.3 is 4.98 Å². The molecular formula is C12H14N2O2S2. The normalized spacial score (nSPS) is 14.6. The molecule has 96 valence electrons. The predicted molar refractivity (Wildman–Crippen MR) is 77.0 cm³/mol. The van der Waals surface area contributed by atoms with E-state index in [1.54, 1.807) is 12.3 Å². The highest BCUT2D eigenvalue weighted by Gasteiger charge is 2.12.